The molecule has 4 atom stereocenters. The summed E-state index contributed by atoms with van der Waals surface area (Å²) in [6.45, 7) is 6.66. The third kappa shape index (κ3) is 6.62. The lowest BCUT2D eigenvalue weighted by atomic mass is 9.57. The minimum absolute atomic E-state index is 0.0686. The molecule has 2 N–H and O–H groups in total. The summed E-state index contributed by atoms with van der Waals surface area (Å²) < 4.78 is 35.1. The Morgan fingerprint density at radius 2 is 1.71 bits per heavy atom. The van der Waals surface area contributed by atoms with Crippen molar-refractivity contribution in [2.75, 3.05) is 69.4 Å². The van der Waals surface area contributed by atoms with E-state index in [-0.39, 0.29) is 47.7 Å². The number of carbonyl (C=O) groups excluding carboxylic acids is 3. The molecule has 4 aromatic carbocycles. The van der Waals surface area contributed by atoms with Crippen LogP contribution in [0.3, 0.4) is 0 Å². The maximum Gasteiger partial charge on any atom is 0.255 e. The molecule has 4 aromatic rings. The molecule has 4 fully saturated rings. The number of amides is 3. The van der Waals surface area contributed by atoms with Crippen LogP contribution in [0.4, 0.5) is 15.8 Å². The van der Waals surface area contributed by atoms with E-state index >= 15 is 4.39 Å². The number of ether oxygens (including phenoxy) is 3. The summed E-state index contributed by atoms with van der Waals surface area (Å²) in [6.07, 6.45) is 5.02. The molecule has 0 bridgehead atoms. The average molecular weight is 842 g/mol. The molecule has 3 saturated heterocycles. The third-order valence-corrected chi connectivity index (χ3v) is 15.1. The average Bonchev–Trinajstić information content (AvgIpc) is 3.61. The SMILES string of the molecule is COc1cc(N2CCC3(CC2)CC(CN2CCN4c5ccc6c(c5OC[C@@H]4C2)CN([C@@H]2CCC(=O)NC2=O)C6=O)C3)c(F)cc1[C@H]1c2ccc(O)cc2OC[C@H]1c1ccccc1. The minimum Gasteiger partial charge on any atom is -0.508 e. The number of benzene rings is 4. The highest BCUT2D eigenvalue weighted by Crippen LogP contribution is 2.55. The number of carbonyl (C=O) groups is 3. The molecule has 0 radical (unpaired) electrons. The van der Waals surface area contributed by atoms with Gasteiger partial charge in [0.05, 0.1) is 37.7 Å². The van der Waals surface area contributed by atoms with Gasteiger partial charge in [-0.25, -0.2) is 4.39 Å². The first kappa shape index (κ1) is 39.1. The highest BCUT2D eigenvalue weighted by molar-refractivity contribution is 6.06. The molecule has 1 saturated carbocycles. The summed E-state index contributed by atoms with van der Waals surface area (Å²) in [5, 5.41) is 12.6. The molecule has 11 rings (SSSR count). The molecule has 6 aliphatic heterocycles. The molecule has 0 aromatic heterocycles. The Bertz CT molecular complexity index is 2450. The Morgan fingerprint density at radius 1 is 0.887 bits per heavy atom. The summed E-state index contributed by atoms with van der Waals surface area (Å²) >= 11 is 0. The number of halogens is 1. The lowest BCUT2D eigenvalue weighted by molar-refractivity contribution is -0.136. The number of phenolic OH excluding ortho intramolecular Hbond substituents is 1. The second-order valence-electron chi connectivity index (χ2n) is 18.6. The van der Waals surface area contributed by atoms with Gasteiger partial charge in [0, 0.05) is 91.9 Å². The van der Waals surface area contributed by atoms with Crippen LogP contribution in [-0.4, -0.2) is 104 Å². The molecular formula is C49H52FN5O7. The van der Waals surface area contributed by atoms with Crippen molar-refractivity contribution in [1.82, 2.24) is 15.1 Å². The zero-order valence-electron chi connectivity index (χ0n) is 35.0. The van der Waals surface area contributed by atoms with Gasteiger partial charge in [0.25, 0.3) is 5.91 Å². The van der Waals surface area contributed by atoms with Crippen LogP contribution < -0.4 is 29.3 Å². The number of aromatic hydroxyl groups is 1. The quantitative estimate of drug-likeness (QED) is 0.209. The topological polar surface area (TPSA) is 124 Å². The molecule has 3 amide bonds. The number of hydrogen-bond acceptors (Lipinski definition) is 10. The first-order valence-electron chi connectivity index (χ1n) is 22.2. The smallest absolute Gasteiger partial charge is 0.255 e. The summed E-state index contributed by atoms with van der Waals surface area (Å²) in [6, 6.07) is 22.4. The second-order valence-corrected chi connectivity index (χ2v) is 18.6. The fourth-order valence-electron chi connectivity index (χ4n) is 12.0. The van der Waals surface area contributed by atoms with E-state index < -0.39 is 11.9 Å². The van der Waals surface area contributed by atoms with Gasteiger partial charge in [0.15, 0.2) is 0 Å². The monoisotopic (exact) mass is 841 g/mol. The van der Waals surface area contributed by atoms with Gasteiger partial charge in [-0.1, -0.05) is 36.4 Å². The van der Waals surface area contributed by atoms with Crippen molar-refractivity contribution in [3.8, 4) is 23.0 Å². The van der Waals surface area contributed by atoms with Crippen LogP contribution in [-0.2, 0) is 16.1 Å². The predicted molar refractivity (Wildman–Crippen MR) is 230 cm³/mol. The predicted octanol–water partition coefficient (Wildman–Crippen LogP) is 6.19. The van der Waals surface area contributed by atoms with Gasteiger partial charge in [0.1, 0.15) is 41.5 Å². The van der Waals surface area contributed by atoms with Crippen molar-refractivity contribution >= 4 is 29.1 Å². The van der Waals surface area contributed by atoms with Crippen molar-refractivity contribution in [3.05, 3.63) is 106 Å². The van der Waals surface area contributed by atoms with E-state index in [0.29, 0.717) is 60.3 Å². The molecule has 1 spiro atoms. The number of phenols is 1. The molecule has 6 heterocycles. The van der Waals surface area contributed by atoms with Gasteiger partial charge in [-0.15, -0.1) is 0 Å². The number of piperidine rings is 2. The number of fused-ring (bicyclic) bond motifs is 6. The van der Waals surface area contributed by atoms with Crippen molar-refractivity contribution in [2.45, 2.75) is 69.0 Å². The zero-order chi connectivity index (χ0) is 42.3. The number of methoxy groups -OCH3 is 1. The number of imide groups is 1. The van der Waals surface area contributed by atoms with Gasteiger partial charge in [-0.05, 0) is 73.3 Å². The van der Waals surface area contributed by atoms with E-state index in [2.05, 4.69) is 32.1 Å². The van der Waals surface area contributed by atoms with Crippen LogP contribution in [0.1, 0.15) is 83.0 Å². The van der Waals surface area contributed by atoms with Gasteiger partial charge in [-0.3, -0.25) is 24.6 Å². The van der Waals surface area contributed by atoms with Crippen molar-refractivity contribution in [3.63, 3.8) is 0 Å². The highest BCUT2D eigenvalue weighted by Gasteiger charge is 2.48. The lowest BCUT2D eigenvalue weighted by Crippen LogP contribution is -2.59. The standard InChI is InChI=1S/C49H52FN5O7/c1-60-42-21-41(38(50)20-35(42)45-34-8-7-32(56)19-43(34)61-28-37(45)30-5-3-2-4-6-30)53-15-13-49(14-16-53)22-29(23-49)24-52-17-18-54-31(25-52)27-62-46-36-26-55(40-11-12-44(57)51-47(40)58)48(59)33(36)9-10-39(46)54/h2-10,19-21,29,31,37,40,45,56H,11-18,22-28H2,1H3,(H,51,57,58)/t31-,37-,40+,45+/m0/s1. The van der Waals surface area contributed by atoms with E-state index in [1.54, 1.807) is 30.2 Å². The fourth-order valence-corrected chi connectivity index (χ4v) is 12.0. The summed E-state index contributed by atoms with van der Waals surface area (Å²) in [7, 11) is 1.66. The number of nitrogens with zero attached hydrogens (tertiary/aromatic N) is 4. The lowest BCUT2D eigenvalue weighted by Gasteiger charge is -2.54. The molecule has 0 unspecified atom stereocenters. The molecular weight excluding hydrogens is 790 g/mol. The number of hydrogen-bond donors (Lipinski definition) is 2. The second kappa shape index (κ2) is 15.2. The number of piperazine rings is 1. The normalized spacial score (nSPS) is 25.5. The van der Waals surface area contributed by atoms with E-state index in [1.165, 1.54) is 12.8 Å². The summed E-state index contributed by atoms with van der Waals surface area (Å²) in [4.78, 5) is 46.6. The van der Waals surface area contributed by atoms with E-state index in [1.807, 2.05) is 42.5 Å². The molecule has 1 aliphatic carbocycles. The number of anilines is 2. The first-order valence-corrected chi connectivity index (χ1v) is 22.2. The first-order chi connectivity index (χ1) is 30.1. The van der Waals surface area contributed by atoms with Crippen LogP contribution in [0.2, 0.25) is 0 Å². The molecule has 62 heavy (non-hydrogen) atoms. The van der Waals surface area contributed by atoms with Crippen molar-refractivity contribution in [2.24, 2.45) is 11.3 Å². The fraction of sp³-hybridized carbons (Fsp3) is 0.449. The number of rotatable bonds is 7. The summed E-state index contributed by atoms with van der Waals surface area (Å²) in [5.74, 6) is 1.35. The molecule has 322 valence electrons. The highest BCUT2D eigenvalue weighted by atomic mass is 19.1. The van der Waals surface area contributed by atoms with Crippen LogP contribution in [0.15, 0.2) is 72.8 Å². The number of nitrogens with one attached hydrogen (secondary N) is 1. The van der Waals surface area contributed by atoms with Crippen LogP contribution in [0.5, 0.6) is 23.0 Å². The summed E-state index contributed by atoms with van der Waals surface area (Å²) in [5.41, 5.74) is 6.09. The van der Waals surface area contributed by atoms with Gasteiger partial charge in [-0.2, -0.15) is 0 Å². The van der Waals surface area contributed by atoms with E-state index in [0.717, 1.165) is 85.8 Å². The molecule has 12 nitrogen and oxygen atoms in total. The Hall–Kier alpha value is -5.82. The maximum atomic E-state index is 16.4. The van der Waals surface area contributed by atoms with Crippen molar-refractivity contribution in [1.29, 1.82) is 0 Å². The Kier molecular flexibility index (Phi) is 9.58. The molecule has 13 heteroatoms. The zero-order valence-corrected chi connectivity index (χ0v) is 35.0. The van der Waals surface area contributed by atoms with Gasteiger partial charge >= 0.3 is 0 Å². The van der Waals surface area contributed by atoms with Gasteiger partial charge < -0.3 is 34.0 Å². The van der Waals surface area contributed by atoms with Crippen LogP contribution in [0, 0.1) is 17.2 Å². The van der Waals surface area contributed by atoms with Gasteiger partial charge in [0.2, 0.25) is 11.8 Å². The third-order valence-electron chi connectivity index (χ3n) is 15.1. The van der Waals surface area contributed by atoms with Crippen LogP contribution >= 0.6 is 0 Å². The van der Waals surface area contributed by atoms with Crippen LogP contribution in [0.25, 0.3) is 0 Å². The molecule has 7 aliphatic rings. The van der Waals surface area contributed by atoms with Crippen molar-refractivity contribution < 1.29 is 38.1 Å². The Balaban J connectivity index is 0.716. The minimum atomic E-state index is -0.652. The van der Waals surface area contributed by atoms with E-state index in [9.17, 15) is 19.5 Å². The maximum absolute atomic E-state index is 16.4. The largest absolute Gasteiger partial charge is 0.508 e. The Morgan fingerprint density at radius 3 is 2.50 bits per heavy atom. The van der Waals surface area contributed by atoms with E-state index in [4.69, 9.17) is 14.2 Å². The Labute approximate surface area is 360 Å².